The fourth-order valence-electron chi connectivity index (χ4n) is 2.34. The van der Waals surface area contributed by atoms with E-state index in [0.29, 0.717) is 11.1 Å². The van der Waals surface area contributed by atoms with Crippen LogP contribution in [0.1, 0.15) is 16.7 Å². The Morgan fingerprint density at radius 3 is 2.52 bits per heavy atom. The van der Waals surface area contributed by atoms with Crippen LogP contribution >= 0.6 is 23.2 Å². The van der Waals surface area contributed by atoms with E-state index >= 15 is 0 Å². The average Bonchev–Trinajstić information content (AvgIpc) is 2.75. The number of aromatic hydroxyl groups is 1. The minimum absolute atomic E-state index is 0.150. The number of phenols is 1. The number of nitrogens with one attached hydrogen (secondary N) is 1. The Morgan fingerprint density at radius 1 is 1.19 bits per heavy atom. The molecule has 0 fully saturated rings. The molecule has 0 atom stereocenters. The van der Waals surface area contributed by atoms with E-state index in [2.05, 4.69) is 5.32 Å². The van der Waals surface area contributed by atoms with Gasteiger partial charge < -0.3 is 10.4 Å². The minimum atomic E-state index is -0.167. The molecule has 0 spiro atoms. The van der Waals surface area contributed by atoms with Crippen molar-refractivity contribution in [3.63, 3.8) is 0 Å². The Labute approximate surface area is 131 Å². The molecule has 1 heterocycles. The lowest BCUT2D eigenvalue weighted by Crippen LogP contribution is -2.04. The number of hydrogen-bond donors (Lipinski definition) is 2. The molecule has 0 aromatic heterocycles. The number of rotatable bonds is 1. The van der Waals surface area contributed by atoms with Crippen molar-refractivity contribution in [1.82, 2.24) is 0 Å². The zero-order chi connectivity index (χ0) is 15.1. The van der Waals surface area contributed by atoms with Gasteiger partial charge in [-0.3, -0.25) is 4.79 Å². The molecule has 1 aliphatic rings. The van der Waals surface area contributed by atoms with Crippen LogP contribution in [0, 0.1) is 6.92 Å². The quantitative estimate of drug-likeness (QED) is 0.760. The number of anilines is 1. The highest BCUT2D eigenvalue weighted by Gasteiger charge is 2.25. The number of carbonyl (C=O) groups is 1. The van der Waals surface area contributed by atoms with Gasteiger partial charge in [0.1, 0.15) is 0 Å². The summed E-state index contributed by atoms with van der Waals surface area (Å²) >= 11 is 11.8. The van der Waals surface area contributed by atoms with Gasteiger partial charge >= 0.3 is 0 Å². The maximum atomic E-state index is 12.1. The van der Waals surface area contributed by atoms with Gasteiger partial charge in [0.2, 0.25) is 0 Å². The first-order valence-electron chi connectivity index (χ1n) is 6.28. The zero-order valence-corrected chi connectivity index (χ0v) is 12.6. The summed E-state index contributed by atoms with van der Waals surface area (Å²) in [4.78, 5) is 12.1. The number of phenolic OH excluding ortho intramolecular Hbond substituents is 1. The number of para-hydroxylation sites is 1. The van der Waals surface area contributed by atoms with Crippen LogP contribution in [0.4, 0.5) is 5.69 Å². The summed E-state index contributed by atoms with van der Waals surface area (Å²) in [7, 11) is 0. The van der Waals surface area contributed by atoms with Crippen LogP contribution in [0.5, 0.6) is 5.75 Å². The van der Waals surface area contributed by atoms with Crippen LogP contribution in [0.15, 0.2) is 30.3 Å². The number of halogens is 2. The lowest BCUT2D eigenvalue weighted by molar-refractivity contribution is -0.110. The van der Waals surface area contributed by atoms with E-state index in [1.807, 2.05) is 25.1 Å². The normalized spacial score (nSPS) is 15.2. The standard InChI is InChI=1S/C16H11Cl2NO2/c1-8-3-2-4-10-11(16(21)19-14(8)10)5-9-6-12(17)15(20)13(18)7-9/h2-7,20H,1H3,(H,19,21)/b11-5+. The van der Waals surface area contributed by atoms with Gasteiger partial charge in [0.15, 0.2) is 5.75 Å². The summed E-state index contributed by atoms with van der Waals surface area (Å²) in [5.41, 5.74) is 3.88. The molecule has 0 bridgehead atoms. The van der Waals surface area contributed by atoms with E-state index in [4.69, 9.17) is 23.2 Å². The molecule has 0 aliphatic carbocycles. The molecule has 1 amide bonds. The van der Waals surface area contributed by atoms with E-state index in [1.54, 1.807) is 18.2 Å². The van der Waals surface area contributed by atoms with Gasteiger partial charge in [-0.2, -0.15) is 0 Å². The third-order valence-corrected chi connectivity index (χ3v) is 3.97. The number of fused-ring (bicyclic) bond motifs is 1. The van der Waals surface area contributed by atoms with E-state index in [-0.39, 0.29) is 21.7 Å². The van der Waals surface area contributed by atoms with E-state index in [9.17, 15) is 9.90 Å². The van der Waals surface area contributed by atoms with Gasteiger partial charge in [-0.15, -0.1) is 0 Å². The summed E-state index contributed by atoms with van der Waals surface area (Å²) in [5.74, 6) is -0.327. The van der Waals surface area contributed by atoms with Crippen molar-refractivity contribution in [2.24, 2.45) is 0 Å². The van der Waals surface area contributed by atoms with Crippen LogP contribution in [0.3, 0.4) is 0 Å². The predicted octanol–water partition coefficient (Wildman–Crippen LogP) is 4.50. The van der Waals surface area contributed by atoms with Crippen LogP contribution in [-0.4, -0.2) is 11.0 Å². The summed E-state index contributed by atoms with van der Waals surface area (Å²) in [6.45, 7) is 1.94. The second-order valence-corrected chi connectivity index (χ2v) is 5.66. The van der Waals surface area contributed by atoms with Crippen molar-refractivity contribution in [2.75, 3.05) is 5.32 Å². The van der Waals surface area contributed by atoms with Gasteiger partial charge in [-0.05, 0) is 36.3 Å². The van der Waals surface area contributed by atoms with Gasteiger partial charge in [-0.1, -0.05) is 41.4 Å². The third kappa shape index (κ3) is 2.39. The zero-order valence-electron chi connectivity index (χ0n) is 11.1. The summed E-state index contributed by atoms with van der Waals surface area (Å²) in [6, 6.07) is 8.86. The molecule has 21 heavy (non-hydrogen) atoms. The van der Waals surface area contributed by atoms with Crippen molar-refractivity contribution in [1.29, 1.82) is 0 Å². The first kappa shape index (κ1) is 14.0. The molecular formula is C16H11Cl2NO2. The molecule has 0 radical (unpaired) electrons. The van der Waals surface area contributed by atoms with E-state index in [1.165, 1.54) is 0 Å². The highest BCUT2D eigenvalue weighted by molar-refractivity contribution is 6.38. The molecule has 106 valence electrons. The maximum absolute atomic E-state index is 12.1. The SMILES string of the molecule is Cc1cccc2c1NC(=O)/C2=C/c1cc(Cl)c(O)c(Cl)c1. The lowest BCUT2D eigenvalue weighted by atomic mass is 10.0. The Morgan fingerprint density at radius 2 is 1.86 bits per heavy atom. The molecule has 2 aromatic carbocycles. The van der Waals surface area contributed by atoms with Crippen molar-refractivity contribution >= 4 is 46.4 Å². The second kappa shape index (κ2) is 5.10. The number of amides is 1. The van der Waals surface area contributed by atoms with Crippen LogP contribution < -0.4 is 5.32 Å². The highest BCUT2D eigenvalue weighted by atomic mass is 35.5. The topological polar surface area (TPSA) is 49.3 Å². The number of aryl methyl sites for hydroxylation is 1. The molecule has 2 N–H and O–H groups in total. The van der Waals surface area contributed by atoms with Crippen molar-refractivity contribution in [2.45, 2.75) is 6.92 Å². The molecule has 0 unspecified atom stereocenters. The van der Waals surface area contributed by atoms with Crippen LogP contribution in [0.2, 0.25) is 10.0 Å². The lowest BCUT2D eigenvalue weighted by Gasteiger charge is -2.04. The number of hydrogen-bond acceptors (Lipinski definition) is 2. The Bertz CT molecular complexity index is 774. The summed E-state index contributed by atoms with van der Waals surface area (Å²) in [6.07, 6.45) is 1.71. The highest BCUT2D eigenvalue weighted by Crippen LogP contribution is 2.37. The number of benzene rings is 2. The van der Waals surface area contributed by atoms with Crippen molar-refractivity contribution in [3.8, 4) is 5.75 Å². The maximum Gasteiger partial charge on any atom is 0.256 e. The molecule has 2 aromatic rings. The smallest absolute Gasteiger partial charge is 0.256 e. The average molecular weight is 320 g/mol. The van der Waals surface area contributed by atoms with Crippen molar-refractivity contribution < 1.29 is 9.90 Å². The Hall–Kier alpha value is -1.97. The second-order valence-electron chi connectivity index (χ2n) is 4.84. The molecule has 0 saturated carbocycles. The fraction of sp³-hybridized carbons (Fsp3) is 0.0625. The largest absolute Gasteiger partial charge is 0.505 e. The van der Waals surface area contributed by atoms with Crippen molar-refractivity contribution in [3.05, 3.63) is 57.1 Å². The fourth-order valence-corrected chi connectivity index (χ4v) is 2.84. The first-order valence-corrected chi connectivity index (χ1v) is 7.04. The van der Waals surface area contributed by atoms with E-state index < -0.39 is 0 Å². The Kier molecular flexibility index (Phi) is 3.40. The number of carbonyl (C=O) groups excluding carboxylic acids is 1. The molecule has 3 nitrogen and oxygen atoms in total. The predicted molar refractivity (Wildman–Crippen MR) is 85.8 cm³/mol. The molecule has 5 heteroatoms. The van der Waals surface area contributed by atoms with Gasteiger partial charge in [0.25, 0.3) is 5.91 Å². The third-order valence-electron chi connectivity index (χ3n) is 3.40. The Balaban J connectivity index is 2.14. The molecule has 3 rings (SSSR count). The van der Waals surface area contributed by atoms with Crippen LogP contribution in [0.25, 0.3) is 11.6 Å². The molecule has 1 aliphatic heterocycles. The van der Waals surface area contributed by atoms with Gasteiger partial charge in [-0.25, -0.2) is 0 Å². The minimum Gasteiger partial charge on any atom is -0.505 e. The summed E-state index contributed by atoms with van der Waals surface area (Å²) < 4.78 is 0. The molecule has 0 saturated heterocycles. The molecular weight excluding hydrogens is 309 g/mol. The summed E-state index contributed by atoms with van der Waals surface area (Å²) in [5, 5.41) is 12.7. The first-order chi connectivity index (χ1) is 9.97. The monoisotopic (exact) mass is 319 g/mol. The van der Waals surface area contributed by atoms with Gasteiger partial charge in [0.05, 0.1) is 15.7 Å². The van der Waals surface area contributed by atoms with E-state index in [0.717, 1.165) is 16.8 Å². The van der Waals surface area contributed by atoms with Crippen LogP contribution in [-0.2, 0) is 4.79 Å². The van der Waals surface area contributed by atoms with Gasteiger partial charge in [0, 0.05) is 11.1 Å².